The number of benzene rings is 1. The molecule has 16 heavy (non-hydrogen) atoms. The van der Waals surface area contributed by atoms with Crippen LogP contribution >= 0.6 is 15.9 Å². The summed E-state index contributed by atoms with van der Waals surface area (Å²) in [7, 11) is 0. The van der Waals surface area contributed by atoms with E-state index in [1.165, 1.54) is 22.9 Å². The number of hydrogen-bond acceptors (Lipinski definition) is 1. The first-order valence-corrected chi connectivity index (χ1v) is 6.98. The normalized spacial score (nSPS) is 23.6. The topological polar surface area (TPSA) is 12.0 Å². The Labute approximate surface area is 107 Å². The van der Waals surface area contributed by atoms with E-state index in [-0.39, 0.29) is 0 Å². The monoisotopic (exact) mass is 281 g/mol. The average Bonchev–Trinajstić information content (AvgIpc) is 2.74. The first-order valence-electron chi connectivity index (χ1n) is 6.18. The largest absolute Gasteiger partial charge is 0.316 e. The van der Waals surface area contributed by atoms with Crippen molar-refractivity contribution in [3.05, 3.63) is 34.3 Å². The standard InChI is InChI=1S/C14H20BrN/c1-3-14(4-2)10-16-9-12(14)11-7-5-6-8-13(11)15/h5-8,12,16H,3-4,9-10H2,1-2H3. The lowest BCUT2D eigenvalue weighted by molar-refractivity contribution is 0.260. The van der Waals surface area contributed by atoms with Crippen LogP contribution in [-0.2, 0) is 0 Å². The third kappa shape index (κ3) is 1.93. The quantitative estimate of drug-likeness (QED) is 0.885. The van der Waals surface area contributed by atoms with Crippen LogP contribution in [0.2, 0.25) is 0 Å². The highest BCUT2D eigenvalue weighted by atomic mass is 79.9. The molecule has 0 amide bonds. The third-order valence-corrected chi connectivity index (χ3v) is 4.98. The predicted octanol–water partition coefficient (Wildman–Crippen LogP) is 3.94. The minimum atomic E-state index is 0.448. The van der Waals surface area contributed by atoms with Crippen molar-refractivity contribution < 1.29 is 0 Å². The number of rotatable bonds is 3. The molecular formula is C14H20BrN. The Morgan fingerprint density at radius 3 is 2.62 bits per heavy atom. The first kappa shape index (κ1) is 12.1. The smallest absolute Gasteiger partial charge is 0.0210 e. The Kier molecular flexibility index (Phi) is 3.70. The molecule has 1 saturated heterocycles. The Morgan fingerprint density at radius 2 is 2.00 bits per heavy atom. The van der Waals surface area contributed by atoms with Crippen molar-refractivity contribution in [1.82, 2.24) is 5.32 Å². The minimum Gasteiger partial charge on any atom is -0.316 e. The number of halogens is 1. The molecule has 0 aromatic heterocycles. The van der Waals surface area contributed by atoms with E-state index >= 15 is 0 Å². The maximum atomic E-state index is 3.69. The molecule has 0 radical (unpaired) electrons. The van der Waals surface area contributed by atoms with Crippen LogP contribution in [0.5, 0.6) is 0 Å². The fourth-order valence-electron chi connectivity index (χ4n) is 3.00. The molecule has 2 rings (SSSR count). The summed E-state index contributed by atoms with van der Waals surface area (Å²) in [6.45, 7) is 6.91. The summed E-state index contributed by atoms with van der Waals surface area (Å²) in [6, 6.07) is 8.66. The molecule has 1 unspecified atom stereocenters. The molecule has 1 aliphatic heterocycles. The summed E-state index contributed by atoms with van der Waals surface area (Å²) in [5.74, 6) is 0.651. The first-order chi connectivity index (χ1) is 7.73. The summed E-state index contributed by atoms with van der Waals surface area (Å²) in [5.41, 5.74) is 1.92. The van der Waals surface area contributed by atoms with E-state index in [1.807, 2.05) is 0 Å². The van der Waals surface area contributed by atoms with Crippen LogP contribution < -0.4 is 5.32 Å². The van der Waals surface area contributed by atoms with E-state index in [9.17, 15) is 0 Å². The fourth-order valence-corrected chi connectivity index (χ4v) is 3.56. The van der Waals surface area contributed by atoms with Gasteiger partial charge in [0.15, 0.2) is 0 Å². The SMILES string of the molecule is CCC1(CC)CNCC1c1ccccc1Br. The molecule has 1 aromatic carbocycles. The van der Waals surface area contributed by atoms with Crippen molar-refractivity contribution in [3.8, 4) is 0 Å². The van der Waals surface area contributed by atoms with Crippen LogP contribution in [0.1, 0.15) is 38.2 Å². The summed E-state index contributed by atoms with van der Waals surface area (Å²) in [6.07, 6.45) is 2.50. The molecule has 2 heteroatoms. The van der Waals surface area contributed by atoms with Crippen molar-refractivity contribution in [2.45, 2.75) is 32.6 Å². The van der Waals surface area contributed by atoms with Gasteiger partial charge in [0.1, 0.15) is 0 Å². The maximum Gasteiger partial charge on any atom is 0.0210 e. The number of hydrogen-bond donors (Lipinski definition) is 1. The van der Waals surface area contributed by atoms with Crippen LogP contribution in [-0.4, -0.2) is 13.1 Å². The zero-order valence-corrected chi connectivity index (χ0v) is 11.7. The molecule has 1 aliphatic rings. The highest BCUT2D eigenvalue weighted by Crippen LogP contribution is 2.46. The van der Waals surface area contributed by atoms with Crippen LogP contribution in [0.15, 0.2) is 28.7 Å². The van der Waals surface area contributed by atoms with E-state index in [0.717, 1.165) is 13.1 Å². The van der Waals surface area contributed by atoms with Gasteiger partial charge in [0.05, 0.1) is 0 Å². The summed E-state index contributed by atoms with van der Waals surface area (Å²) in [5, 5.41) is 3.57. The van der Waals surface area contributed by atoms with Crippen molar-refractivity contribution in [2.75, 3.05) is 13.1 Å². The van der Waals surface area contributed by atoms with E-state index in [0.29, 0.717) is 11.3 Å². The molecule has 0 bridgehead atoms. The summed E-state index contributed by atoms with van der Waals surface area (Å²) >= 11 is 3.69. The van der Waals surface area contributed by atoms with Gasteiger partial charge < -0.3 is 5.32 Å². The van der Waals surface area contributed by atoms with Gasteiger partial charge >= 0.3 is 0 Å². The molecule has 0 saturated carbocycles. The van der Waals surface area contributed by atoms with E-state index in [4.69, 9.17) is 0 Å². The molecule has 1 nitrogen and oxygen atoms in total. The summed E-state index contributed by atoms with van der Waals surface area (Å²) in [4.78, 5) is 0. The van der Waals surface area contributed by atoms with Gasteiger partial charge in [-0.1, -0.05) is 48.0 Å². The Morgan fingerprint density at radius 1 is 1.31 bits per heavy atom. The van der Waals surface area contributed by atoms with Gasteiger partial charge in [-0.15, -0.1) is 0 Å². The molecule has 1 atom stereocenters. The van der Waals surface area contributed by atoms with Crippen molar-refractivity contribution >= 4 is 15.9 Å². The van der Waals surface area contributed by atoms with Gasteiger partial charge in [-0.3, -0.25) is 0 Å². The fraction of sp³-hybridized carbons (Fsp3) is 0.571. The Bertz CT molecular complexity index is 358. The van der Waals surface area contributed by atoms with Gasteiger partial charge in [0.25, 0.3) is 0 Å². The highest BCUT2D eigenvalue weighted by molar-refractivity contribution is 9.10. The van der Waals surface area contributed by atoms with Crippen molar-refractivity contribution in [1.29, 1.82) is 0 Å². The molecule has 1 N–H and O–H groups in total. The third-order valence-electron chi connectivity index (χ3n) is 4.25. The molecule has 1 fully saturated rings. The van der Waals surface area contributed by atoms with E-state index < -0.39 is 0 Å². The van der Waals surface area contributed by atoms with Crippen LogP contribution in [0, 0.1) is 5.41 Å². The van der Waals surface area contributed by atoms with Gasteiger partial charge in [-0.05, 0) is 29.9 Å². The summed E-state index contributed by atoms with van der Waals surface area (Å²) < 4.78 is 1.26. The predicted molar refractivity (Wildman–Crippen MR) is 72.8 cm³/mol. The Balaban J connectivity index is 2.37. The van der Waals surface area contributed by atoms with E-state index in [1.54, 1.807) is 0 Å². The van der Waals surface area contributed by atoms with Gasteiger partial charge in [-0.2, -0.15) is 0 Å². The molecule has 0 spiro atoms. The second-order valence-corrected chi connectivity index (χ2v) is 5.63. The molecule has 0 aliphatic carbocycles. The van der Waals surface area contributed by atoms with Gasteiger partial charge in [0, 0.05) is 23.5 Å². The molecule has 1 heterocycles. The second-order valence-electron chi connectivity index (χ2n) is 4.77. The minimum absolute atomic E-state index is 0.448. The van der Waals surface area contributed by atoms with Crippen LogP contribution in [0.3, 0.4) is 0 Å². The van der Waals surface area contributed by atoms with Gasteiger partial charge in [0.2, 0.25) is 0 Å². The zero-order valence-electron chi connectivity index (χ0n) is 10.1. The van der Waals surface area contributed by atoms with E-state index in [2.05, 4.69) is 59.4 Å². The lowest BCUT2D eigenvalue weighted by atomic mass is 9.71. The molecule has 88 valence electrons. The van der Waals surface area contributed by atoms with Crippen molar-refractivity contribution in [3.63, 3.8) is 0 Å². The maximum absolute atomic E-state index is 3.69. The van der Waals surface area contributed by atoms with Gasteiger partial charge in [-0.25, -0.2) is 0 Å². The Hall–Kier alpha value is -0.340. The highest BCUT2D eigenvalue weighted by Gasteiger charge is 2.41. The van der Waals surface area contributed by atoms with Crippen LogP contribution in [0.25, 0.3) is 0 Å². The van der Waals surface area contributed by atoms with Crippen molar-refractivity contribution in [2.24, 2.45) is 5.41 Å². The number of nitrogens with one attached hydrogen (secondary N) is 1. The second kappa shape index (κ2) is 4.89. The lowest BCUT2D eigenvalue weighted by Crippen LogP contribution is -2.27. The molecule has 1 aromatic rings. The zero-order chi connectivity index (χ0) is 11.6. The molecular weight excluding hydrogens is 262 g/mol. The van der Waals surface area contributed by atoms with Crippen LogP contribution in [0.4, 0.5) is 0 Å². The lowest BCUT2D eigenvalue weighted by Gasteiger charge is -2.33. The average molecular weight is 282 g/mol.